The van der Waals surface area contributed by atoms with E-state index in [4.69, 9.17) is 5.84 Å². The first-order valence-corrected chi connectivity index (χ1v) is 3.66. The lowest BCUT2D eigenvalue weighted by Gasteiger charge is -2.23. The van der Waals surface area contributed by atoms with Crippen LogP contribution in [0.4, 0.5) is 0 Å². The molecule has 0 atom stereocenters. The Hall–Kier alpha value is -1.47. The highest BCUT2D eigenvalue weighted by Crippen LogP contribution is 1.93. The lowest BCUT2D eigenvalue weighted by Crippen LogP contribution is -2.54. The topological polar surface area (TPSA) is 105 Å². The highest BCUT2D eigenvalue weighted by Gasteiger charge is 2.23. The molecule has 72 valence electrons. The van der Waals surface area contributed by atoms with E-state index in [1.807, 2.05) is 5.43 Å². The van der Waals surface area contributed by atoms with E-state index in [0.29, 0.717) is 0 Å². The van der Waals surface area contributed by atoms with Crippen molar-refractivity contribution < 1.29 is 14.4 Å². The summed E-state index contributed by atoms with van der Waals surface area (Å²) in [6.45, 7) is 0.0357. The minimum absolute atomic E-state index is 0.0408. The Balaban J connectivity index is 2.46. The van der Waals surface area contributed by atoms with Gasteiger partial charge in [0.1, 0.15) is 0 Å². The van der Waals surface area contributed by atoms with Crippen molar-refractivity contribution in [1.29, 1.82) is 0 Å². The van der Waals surface area contributed by atoms with Crippen LogP contribution in [0, 0.1) is 0 Å². The molecule has 7 heteroatoms. The molecule has 1 aliphatic heterocycles. The number of hydrazine groups is 1. The van der Waals surface area contributed by atoms with Crippen LogP contribution in [-0.4, -0.2) is 42.3 Å². The number of amides is 3. The molecule has 0 saturated carbocycles. The summed E-state index contributed by atoms with van der Waals surface area (Å²) in [6, 6.07) is 0. The van der Waals surface area contributed by atoms with E-state index in [1.54, 1.807) is 0 Å². The van der Waals surface area contributed by atoms with Crippen molar-refractivity contribution in [2.75, 3.05) is 19.6 Å². The molecule has 7 nitrogen and oxygen atoms in total. The second kappa shape index (κ2) is 3.97. The van der Waals surface area contributed by atoms with Gasteiger partial charge in [-0.05, 0) is 0 Å². The van der Waals surface area contributed by atoms with Crippen LogP contribution in [0.2, 0.25) is 0 Å². The second-order valence-corrected chi connectivity index (χ2v) is 2.68. The molecule has 1 rings (SSSR count). The van der Waals surface area contributed by atoms with E-state index in [1.165, 1.54) is 4.90 Å². The zero-order valence-corrected chi connectivity index (χ0v) is 6.87. The number of piperazine rings is 1. The Bertz CT molecular complexity index is 236. The standard InChI is InChI=1S/C6H10N4O3/c7-9-6(13)3-10-1-4(11)8-5(12)2-10/h1-3,7H2,(H,9,13)(H,8,11,12). The number of rotatable bonds is 2. The zero-order chi connectivity index (χ0) is 9.84. The van der Waals surface area contributed by atoms with Gasteiger partial charge in [0.15, 0.2) is 0 Å². The van der Waals surface area contributed by atoms with Gasteiger partial charge in [-0.1, -0.05) is 0 Å². The molecule has 0 aromatic carbocycles. The van der Waals surface area contributed by atoms with Crippen molar-refractivity contribution in [3.05, 3.63) is 0 Å². The largest absolute Gasteiger partial charge is 0.294 e. The number of carbonyl (C=O) groups excluding carboxylic acids is 3. The molecule has 0 radical (unpaired) electrons. The van der Waals surface area contributed by atoms with Gasteiger partial charge in [-0.2, -0.15) is 0 Å². The SMILES string of the molecule is NNC(=O)CN1CC(=O)NC(=O)C1. The molecule has 0 spiro atoms. The van der Waals surface area contributed by atoms with Crippen LogP contribution >= 0.6 is 0 Å². The smallest absolute Gasteiger partial charge is 0.248 e. The first-order valence-electron chi connectivity index (χ1n) is 3.66. The normalized spacial score (nSPS) is 18.2. The van der Waals surface area contributed by atoms with Crippen molar-refractivity contribution in [3.63, 3.8) is 0 Å². The first kappa shape index (κ1) is 9.62. The Morgan fingerprint density at radius 1 is 1.46 bits per heavy atom. The van der Waals surface area contributed by atoms with E-state index in [9.17, 15) is 14.4 Å². The summed E-state index contributed by atoms with van der Waals surface area (Å²) in [5.41, 5.74) is 1.92. The number of hydrogen-bond acceptors (Lipinski definition) is 5. The molecule has 0 bridgehead atoms. The Morgan fingerprint density at radius 3 is 2.46 bits per heavy atom. The van der Waals surface area contributed by atoms with Crippen LogP contribution in [0.15, 0.2) is 0 Å². The van der Waals surface area contributed by atoms with E-state index < -0.39 is 17.7 Å². The monoisotopic (exact) mass is 186 g/mol. The fourth-order valence-corrected chi connectivity index (χ4v) is 1.06. The minimum Gasteiger partial charge on any atom is -0.294 e. The van der Waals surface area contributed by atoms with Crippen LogP contribution < -0.4 is 16.6 Å². The highest BCUT2D eigenvalue weighted by molar-refractivity contribution is 5.99. The molecule has 4 N–H and O–H groups in total. The van der Waals surface area contributed by atoms with Gasteiger partial charge in [0, 0.05) is 0 Å². The summed E-state index contributed by atoms with van der Waals surface area (Å²) in [7, 11) is 0. The quantitative estimate of drug-likeness (QED) is 0.184. The summed E-state index contributed by atoms with van der Waals surface area (Å²) in [4.78, 5) is 33.8. The maximum absolute atomic E-state index is 10.8. The van der Waals surface area contributed by atoms with E-state index >= 15 is 0 Å². The molecule has 1 aliphatic rings. The van der Waals surface area contributed by atoms with Crippen molar-refractivity contribution in [3.8, 4) is 0 Å². The summed E-state index contributed by atoms with van der Waals surface area (Å²) in [5, 5.41) is 2.12. The van der Waals surface area contributed by atoms with E-state index in [-0.39, 0.29) is 19.6 Å². The van der Waals surface area contributed by atoms with Gasteiger partial charge in [-0.15, -0.1) is 0 Å². The van der Waals surface area contributed by atoms with Gasteiger partial charge in [0.2, 0.25) is 17.7 Å². The van der Waals surface area contributed by atoms with Crippen LogP contribution in [0.3, 0.4) is 0 Å². The predicted octanol–water partition coefficient (Wildman–Crippen LogP) is -3.07. The molecule has 1 heterocycles. The van der Waals surface area contributed by atoms with Crippen molar-refractivity contribution >= 4 is 17.7 Å². The average Bonchev–Trinajstić information content (AvgIpc) is 2.02. The molecular formula is C6H10N4O3. The third-order valence-electron chi connectivity index (χ3n) is 1.54. The molecule has 0 aromatic rings. The van der Waals surface area contributed by atoms with Crippen LogP contribution in [0.25, 0.3) is 0 Å². The fraction of sp³-hybridized carbons (Fsp3) is 0.500. The van der Waals surface area contributed by atoms with Gasteiger partial charge in [-0.3, -0.25) is 30.0 Å². The number of nitrogens with one attached hydrogen (secondary N) is 2. The van der Waals surface area contributed by atoms with E-state index in [0.717, 1.165) is 0 Å². The number of carbonyl (C=O) groups is 3. The summed E-state index contributed by atoms with van der Waals surface area (Å²) >= 11 is 0. The Labute approximate surface area is 74.2 Å². The first-order chi connectivity index (χ1) is 6.11. The number of nitrogens with zero attached hydrogens (tertiary/aromatic N) is 1. The average molecular weight is 186 g/mol. The molecule has 0 aliphatic carbocycles. The van der Waals surface area contributed by atoms with Gasteiger partial charge in [0.25, 0.3) is 0 Å². The van der Waals surface area contributed by atoms with Crippen molar-refractivity contribution in [2.45, 2.75) is 0 Å². The van der Waals surface area contributed by atoms with Crippen LogP contribution in [0.5, 0.6) is 0 Å². The van der Waals surface area contributed by atoms with E-state index in [2.05, 4.69) is 5.32 Å². The molecule has 1 saturated heterocycles. The molecule has 0 unspecified atom stereocenters. The molecule has 13 heavy (non-hydrogen) atoms. The Morgan fingerprint density at radius 2 is 2.00 bits per heavy atom. The van der Waals surface area contributed by atoms with Gasteiger partial charge >= 0.3 is 0 Å². The molecule has 0 aromatic heterocycles. The molecule has 1 fully saturated rings. The third kappa shape index (κ3) is 2.80. The molecule has 3 amide bonds. The van der Waals surface area contributed by atoms with Crippen LogP contribution in [0.1, 0.15) is 0 Å². The zero-order valence-electron chi connectivity index (χ0n) is 6.87. The van der Waals surface area contributed by atoms with Crippen molar-refractivity contribution in [1.82, 2.24) is 15.6 Å². The Kier molecular flexibility index (Phi) is 2.93. The van der Waals surface area contributed by atoms with Gasteiger partial charge < -0.3 is 0 Å². The highest BCUT2D eigenvalue weighted by atomic mass is 16.2. The van der Waals surface area contributed by atoms with Gasteiger partial charge in [-0.25, -0.2) is 5.84 Å². The van der Waals surface area contributed by atoms with Gasteiger partial charge in [0.05, 0.1) is 19.6 Å². The predicted molar refractivity (Wildman–Crippen MR) is 41.9 cm³/mol. The summed E-state index contributed by atoms with van der Waals surface area (Å²) in [6.07, 6.45) is 0. The fourth-order valence-electron chi connectivity index (χ4n) is 1.06. The minimum atomic E-state index is -0.428. The second-order valence-electron chi connectivity index (χ2n) is 2.68. The molecular weight excluding hydrogens is 176 g/mol. The number of nitrogens with two attached hydrogens (primary N) is 1. The maximum atomic E-state index is 10.8. The lowest BCUT2D eigenvalue weighted by atomic mass is 10.3. The number of imide groups is 1. The maximum Gasteiger partial charge on any atom is 0.248 e. The summed E-state index contributed by atoms with van der Waals surface area (Å²) < 4.78 is 0. The van der Waals surface area contributed by atoms with Crippen molar-refractivity contribution in [2.24, 2.45) is 5.84 Å². The van der Waals surface area contributed by atoms with Crippen LogP contribution in [-0.2, 0) is 14.4 Å². The summed E-state index contributed by atoms with van der Waals surface area (Å²) in [5.74, 6) is 3.62. The third-order valence-corrected chi connectivity index (χ3v) is 1.54. The number of hydrogen-bond donors (Lipinski definition) is 3. The lowest BCUT2D eigenvalue weighted by molar-refractivity contribution is -0.136.